The lowest BCUT2D eigenvalue weighted by Gasteiger charge is -2.37. The highest BCUT2D eigenvalue weighted by Gasteiger charge is 2.36. The van der Waals surface area contributed by atoms with Crippen molar-refractivity contribution in [3.63, 3.8) is 0 Å². The van der Waals surface area contributed by atoms with Crippen LogP contribution in [0.2, 0.25) is 0 Å². The third-order valence-electron chi connectivity index (χ3n) is 4.49. The average Bonchev–Trinajstić information content (AvgIpc) is 2.87. The lowest BCUT2D eigenvalue weighted by atomic mass is 10.0. The summed E-state index contributed by atoms with van der Waals surface area (Å²) in [5.74, 6) is -0.954. The first kappa shape index (κ1) is 14.3. The molecule has 0 aromatic carbocycles. The first-order valence-electron chi connectivity index (χ1n) is 7.24. The van der Waals surface area contributed by atoms with Crippen molar-refractivity contribution in [1.82, 2.24) is 9.80 Å². The molecule has 0 aromatic heterocycles. The van der Waals surface area contributed by atoms with Gasteiger partial charge in [-0.25, -0.2) is 0 Å². The molecular formula is C14H24N2O3. The zero-order valence-electron chi connectivity index (χ0n) is 11.8. The van der Waals surface area contributed by atoms with E-state index in [1.807, 2.05) is 4.90 Å². The van der Waals surface area contributed by atoms with Crippen molar-refractivity contribution in [2.45, 2.75) is 39.2 Å². The van der Waals surface area contributed by atoms with Crippen molar-refractivity contribution in [2.75, 3.05) is 26.2 Å². The van der Waals surface area contributed by atoms with Crippen LogP contribution in [-0.4, -0.2) is 59.0 Å². The van der Waals surface area contributed by atoms with E-state index in [9.17, 15) is 9.59 Å². The Morgan fingerprint density at radius 2 is 1.63 bits per heavy atom. The number of amides is 1. The van der Waals surface area contributed by atoms with Gasteiger partial charge >= 0.3 is 5.97 Å². The predicted molar refractivity (Wildman–Crippen MR) is 71.8 cm³/mol. The van der Waals surface area contributed by atoms with Gasteiger partial charge in [0.2, 0.25) is 5.91 Å². The molecule has 2 fully saturated rings. The molecule has 0 spiro atoms. The normalized spacial score (nSPS) is 28.9. The van der Waals surface area contributed by atoms with E-state index >= 15 is 0 Å². The van der Waals surface area contributed by atoms with Crippen LogP contribution >= 0.6 is 0 Å². The summed E-state index contributed by atoms with van der Waals surface area (Å²) in [6.45, 7) is 7.77. The van der Waals surface area contributed by atoms with Gasteiger partial charge in [0.05, 0.1) is 5.92 Å². The van der Waals surface area contributed by atoms with Crippen LogP contribution in [-0.2, 0) is 9.59 Å². The molecule has 1 heterocycles. The third kappa shape index (κ3) is 3.26. The summed E-state index contributed by atoms with van der Waals surface area (Å²) in [6, 6.07) is 0.528. The van der Waals surface area contributed by atoms with Crippen LogP contribution in [0.5, 0.6) is 0 Å². The number of rotatable bonds is 3. The molecule has 5 nitrogen and oxygen atoms in total. The smallest absolute Gasteiger partial charge is 0.306 e. The molecule has 1 N–H and O–H groups in total. The Bertz CT molecular complexity index is 349. The number of carboxylic acid groups (broad SMARTS) is 1. The number of hydrogen-bond acceptors (Lipinski definition) is 3. The van der Waals surface area contributed by atoms with Crippen LogP contribution in [0, 0.1) is 11.8 Å². The van der Waals surface area contributed by atoms with Crippen molar-refractivity contribution < 1.29 is 14.7 Å². The Morgan fingerprint density at radius 3 is 2.11 bits per heavy atom. The highest BCUT2D eigenvalue weighted by atomic mass is 16.4. The molecule has 5 heteroatoms. The van der Waals surface area contributed by atoms with Crippen LogP contribution in [0.1, 0.15) is 33.1 Å². The topological polar surface area (TPSA) is 60.9 Å². The standard InChI is InChI=1S/C14H24N2O3/c1-10(2)15-5-7-16(8-6-15)13(17)11-3-4-12(9-11)14(18)19/h10-12H,3-9H2,1-2H3,(H,18,19). The van der Waals surface area contributed by atoms with Gasteiger partial charge in [0.1, 0.15) is 0 Å². The van der Waals surface area contributed by atoms with Crippen LogP contribution < -0.4 is 0 Å². The molecule has 0 radical (unpaired) electrons. The molecule has 1 aliphatic carbocycles. The van der Waals surface area contributed by atoms with E-state index < -0.39 is 5.97 Å². The minimum absolute atomic E-state index is 0.0632. The molecule has 2 rings (SSSR count). The molecule has 2 atom stereocenters. The number of hydrogen-bond donors (Lipinski definition) is 1. The van der Waals surface area contributed by atoms with E-state index in [1.54, 1.807) is 0 Å². The van der Waals surface area contributed by atoms with Crippen LogP contribution in [0.3, 0.4) is 0 Å². The quantitative estimate of drug-likeness (QED) is 0.831. The van der Waals surface area contributed by atoms with Crippen LogP contribution in [0.25, 0.3) is 0 Å². The molecule has 108 valence electrons. The van der Waals surface area contributed by atoms with Crippen LogP contribution in [0.15, 0.2) is 0 Å². The van der Waals surface area contributed by atoms with Gasteiger partial charge in [-0.2, -0.15) is 0 Å². The summed E-state index contributed by atoms with van der Waals surface area (Å²) in [6.07, 6.45) is 1.91. The zero-order valence-corrected chi connectivity index (χ0v) is 11.8. The highest BCUT2D eigenvalue weighted by molar-refractivity contribution is 5.81. The largest absolute Gasteiger partial charge is 0.481 e. The number of piperazine rings is 1. The summed E-state index contributed by atoms with van der Waals surface area (Å²) in [5.41, 5.74) is 0. The molecule has 0 bridgehead atoms. The molecule has 2 aliphatic rings. The second kappa shape index (κ2) is 5.90. The SMILES string of the molecule is CC(C)N1CCN(C(=O)C2CCC(C(=O)O)C2)CC1. The number of carbonyl (C=O) groups excluding carboxylic acids is 1. The van der Waals surface area contributed by atoms with E-state index in [0.717, 1.165) is 32.6 Å². The van der Waals surface area contributed by atoms with Crippen molar-refractivity contribution >= 4 is 11.9 Å². The third-order valence-corrected chi connectivity index (χ3v) is 4.49. The zero-order chi connectivity index (χ0) is 14.0. The summed E-state index contributed by atoms with van der Waals surface area (Å²) in [7, 11) is 0. The molecule has 1 amide bonds. The molecule has 1 aliphatic heterocycles. The van der Waals surface area contributed by atoms with Gasteiger partial charge in [0.25, 0.3) is 0 Å². The lowest BCUT2D eigenvalue weighted by molar-refractivity contribution is -0.142. The monoisotopic (exact) mass is 268 g/mol. The summed E-state index contributed by atoms with van der Waals surface area (Å²) < 4.78 is 0. The van der Waals surface area contributed by atoms with Gasteiger partial charge in [-0.1, -0.05) is 0 Å². The predicted octanol–water partition coefficient (Wildman–Crippen LogP) is 1.04. The second-order valence-electron chi connectivity index (χ2n) is 6.00. The number of carbonyl (C=O) groups is 2. The van der Waals surface area contributed by atoms with Crippen molar-refractivity contribution in [3.8, 4) is 0 Å². The number of aliphatic carboxylic acids is 1. The van der Waals surface area contributed by atoms with E-state index in [2.05, 4.69) is 18.7 Å². The Morgan fingerprint density at radius 1 is 1.05 bits per heavy atom. The van der Waals surface area contributed by atoms with Gasteiger partial charge in [-0.15, -0.1) is 0 Å². The van der Waals surface area contributed by atoms with E-state index in [4.69, 9.17) is 5.11 Å². The maximum absolute atomic E-state index is 12.4. The molecule has 2 unspecified atom stereocenters. The Labute approximate surface area is 114 Å². The fourth-order valence-electron chi connectivity index (χ4n) is 3.15. The maximum Gasteiger partial charge on any atom is 0.306 e. The Hall–Kier alpha value is -1.10. The van der Waals surface area contributed by atoms with Gasteiger partial charge < -0.3 is 10.0 Å². The molecule has 19 heavy (non-hydrogen) atoms. The number of carboxylic acids is 1. The van der Waals surface area contributed by atoms with Gasteiger partial charge in [0, 0.05) is 38.1 Å². The molecular weight excluding hydrogens is 244 g/mol. The van der Waals surface area contributed by atoms with Crippen LogP contribution in [0.4, 0.5) is 0 Å². The van der Waals surface area contributed by atoms with E-state index in [0.29, 0.717) is 18.9 Å². The summed E-state index contributed by atoms with van der Waals surface area (Å²) >= 11 is 0. The fourth-order valence-corrected chi connectivity index (χ4v) is 3.15. The summed E-state index contributed by atoms with van der Waals surface area (Å²) in [4.78, 5) is 27.6. The van der Waals surface area contributed by atoms with E-state index in [1.165, 1.54) is 0 Å². The van der Waals surface area contributed by atoms with Crippen molar-refractivity contribution in [3.05, 3.63) is 0 Å². The first-order chi connectivity index (χ1) is 8.99. The Balaban J connectivity index is 1.83. The van der Waals surface area contributed by atoms with Gasteiger partial charge in [-0.3, -0.25) is 14.5 Å². The summed E-state index contributed by atoms with van der Waals surface area (Å²) in [5, 5.41) is 8.99. The maximum atomic E-state index is 12.4. The molecule has 1 saturated carbocycles. The van der Waals surface area contributed by atoms with Gasteiger partial charge in [-0.05, 0) is 33.1 Å². The Kier molecular flexibility index (Phi) is 4.45. The minimum Gasteiger partial charge on any atom is -0.481 e. The van der Waals surface area contributed by atoms with Crippen molar-refractivity contribution in [1.29, 1.82) is 0 Å². The fraction of sp³-hybridized carbons (Fsp3) is 0.857. The first-order valence-corrected chi connectivity index (χ1v) is 7.24. The van der Waals surface area contributed by atoms with Gasteiger partial charge in [0.15, 0.2) is 0 Å². The molecule has 0 aromatic rings. The average molecular weight is 268 g/mol. The lowest BCUT2D eigenvalue weighted by Crippen LogP contribution is -2.51. The van der Waals surface area contributed by atoms with Crippen molar-refractivity contribution in [2.24, 2.45) is 11.8 Å². The number of nitrogens with zero attached hydrogens (tertiary/aromatic N) is 2. The molecule has 1 saturated heterocycles. The van der Waals surface area contributed by atoms with E-state index in [-0.39, 0.29) is 17.7 Å². The highest BCUT2D eigenvalue weighted by Crippen LogP contribution is 2.32. The second-order valence-corrected chi connectivity index (χ2v) is 6.00. The minimum atomic E-state index is -0.750.